The number of ether oxygens (including phenoxy) is 3. The molecule has 0 amide bonds. The van der Waals surface area contributed by atoms with Crippen molar-refractivity contribution in [3.05, 3.63) is 52.6 Å². The number of phenolic OH excluding ortho intramolecular Hbond substituents is 1. The Morgan fingerprint density at radius 1 is 1.07 bits per heavy atom. The Hall–Kier alpha value is -0.370. The zero-order valence-corrected chi connectivity index (χ0v) is 31.4. The molecule has 0 spiro atoms. The number of benzene rings is 2. The third-order valence-corrected chi connectivity index (χ3v) is 6.56. The van der Waals surface area contributed by atoms with Crippen molar-refractivity contribution >= 4 is 25.2 Å². The fourth-order valence-corrected chi connectivity index (χ4v) is 4.02. The summed E-state index contributed by atoms with van der Waals surface area (Å²) in [4.78, 5) is 40.4. The summed E-state index contributed by atoms with van der Waals surface area (Å²) in [5.74, 6) is 1.37. The van der Waals surface area contributed by atoms with E-state index in [0.29, 0.717) is 34.8 Å². The molecule has 2 aliphatic rings. The zero-order valence-electron chi connectivity index (χ0n) is 24.5. The summed E-state index contributed by atoms with van der Waals surface area (Å²) in [6.07, 6.45) is 3.59. The molecule has 2 N–H and O–H groups in total. The van der Waals surface area contributed by atoms with Gasteiger partial charge in [0.2, 0.25) is 0 Å². The SMILES string of the molecule is COc1c(CC(=O)c2cc3c(cc2O)OC(C)(C)C(O)C3)ccc2c1C=CC(C)(C)O2.O=C([O-])P(=O)([O-])[O-].[Na+].[Na+].[Na+]. The number of hydrogen-bond acceptors (Lipinski definition) is 11. The first-order chi connectivity index (χ1) is 17.4. The molecule has 1 atom stereocenters. The van der Waals surface area contributed by atoms with Crippen molar-refractivity contribution < 1.29 is 142 Å². The van der Waals surface area contributed by atoms with Crippen LogP contribution >= 0.6 is 7.60 Å². The number of phenols is 1. The molecule has 2 aromatic rings. The maximum Gasteiger partial charge on any atom is 1.00 e. The predicted octanol–water partition coefficient (Wildman–Crippen LogP) is -7.66. The summed E-state index contributed by atoms with van der Waals surface area (Å²) in [7, 11) is -3.87. The Morgan fingerprint density at radius 3 is 2.20 bits per heavy atom. The van der Waals surface area contributed by atoms with Crippen molar-refractivity contribution in [3.63, 3.8) is 0 Å². The summed E-state index contributed by atoms with van der Waals surface area (Å²) in [5, 5.41) is 29.9. The van der Waals surface area contributed by atoms with Gasteiger partial charge in [-0.25, -0.2) is 0 Å². The van der Waals surface area contributed by atoms with E-state index < -0.39 is 30.6 Å². The van der Waals surface area contributed by atoms with Crippen LogP contribution in [0.25, 0.3) is 6.08 Å². The van der Waals surface area contributed by atoms with Gasteiger partial charge in [-0.1, -0.05) is 6.07 Å². The summed E-state index contributed by atoms with van der Waals surface area (Å²) in [6, 6.07) is 6.72. The van der Waals surface area contributed by atoms with Gasteiger partial charge >= 0.3 is 88.7 Å². The second-order valence-electron chi connectivity index (χ2n) is 9.97. The molecule has 0 aliphatic carbocycles. The van der Waals surface area contributed by atoms with Crippen LogP contribution in [0.3, 0.4) is 0 Å². The van der Waals surface area contributed by atoms with Crippen molar-refractivity contribution in [2.24, 2.45) is 0 Å². The fraction of sp³-hybridized carbons (Fsp3) is 0.385. The Morgan fingerprint density at radius 2 is 1.66 bits per heavy atom. The van der Waals surface area contributed by atoms with E-state index in [9.17, 15) is 15.0 Å². The standard InChI is InChI=1S/C25H28O6.CH3O5P.3Na/c1-24(2)9-8-16-20(30-24)7-6-14(23(16)29-5)11-18(26)17-10-15-12-22(28)25(3,4)31-21(15)13-19(17)27;2-1(3)7(4,5)6;;;/h6-10,13,22,27-28H,11-12H2,1-5H3;(H,2,3)(H2,4,5,6);;;/q;;3*+1/p-3. The number of aliphatic hydroxyl groups is 1. The van der Waals surface area contributed by atoms with Gasteiger partial charge in [-0.3, -0.25) is 4.79 Å². The van der Waals surface area contributed by atoms with Crippen molar-refractivity contribution in [3.8, 4) is 23.0 Å². The smallest absolute Gasteiger partial charge is 0.807 e. The van der Waals surface area contributed by atoms with Crippen LogP contribution in [0, 0.1) is 0 Å². The van der Waals surface area contributed by atoms with Crippen molar-refractivity contribution in [2.45, 2.75) is 57.8 Å². The number of aliphatic hydroxyl groups excluding tert-OH is 1. The molecule has 0 radical (unpaired) electrons. The quantitative estimate of drug-likeness (QED) is 0.185. The molecule has 4 rings (SSSR count). The molecule has 15 heteroatoms. The van der Waals surface area contributed by atoms with Gasteiger partial charge in [-0.05, 0) is 65.1 Å². The third-order valence-electron chi connectivity index (χ3n) is 6.11. The molecule has 1 unspecified atom stereocenters. The number of rotatable bonds is 5. The average molecular weight is 616 g/mol. The molecule has 2 aromatic carbocycles. The van der Waals surface area contributed by atoms with E-state index in [4.69, 9.17) is 38.5 Å². The van der Waals surface area contributed by atoms with Gasteiger partial charge in [0, 0.05) is 24.5 Å². The molecular weight excluding hydrogens is 588 g/mol. The van der Waals surface area contributed by atoms with Crippen LogP contribution in [0.5, 0.6) is 23.0 Å². The number of aromatic hydroxyl groups is 1. The average Bonchev–Trinajstić information content (AvgIpc) is 2.78. The van der Waals surface area contributed by atoms with E-state index in [1.54, 1.807) is 27.0 Å². The fourth-order valence-electron chi connectivity index (χ4n) is 4.02. The van der Waals surface area contributed by atoms with Crippen LogP contribution in [0.4, 0.5) is 4.79 Å². The number of carboxylic acid groups (broad SMARTS) is 1. The van der Waals surface area contributed by atoms with E-state index in [1.165, 1.54) is 6.07 Å². The third kappa shape index (κ3) is 10.1. The van der Waals surface area contributed by atoms with E-state index in [-0.39, 0.29) is 112 Å². The molecule has 206 valence electrons. The molecule has 2 heterocycles. The first-order valence-electron chi connectivity index (χ1n) is 11.5. The van der Waals surface area contributed by atoms with Crippen LogP contribution in [0.1, 0.15) is 54.7 Å². The van der Waals surface area contributed by atoms with Gasteiger partial charge in [0.25, 0.3) is 0 Å². The number of hydrogen-bond donors (Lipinski definition) is 2. The van der Waals surface area contributed by atoms with Gasteiger partial charge in [-0.2, -0.15) is 0 Å². The number of fused-ring (bicyclic) bond motifs is 2. The molecular formula is C26H28Na3O11P. The normalized spacial score (nSPS) is 17.1. The second-order valence-corrected chi connectivity index (χ2v) is 11.3. The monoisotopic (exact) mass is 616 g/mol. The van der Waals surface area contributed by atoms with Gasteiger partial charge < -0.3 is 48.7 Å². The Bertz CT molecular complexity index is 1350. The van der Waals surface area contributed by atoms with E-state index in [2.05, 4.69) is 0 Å². The zero-order chi connectivity index (χ0) is 28.6. The van der Waals surface area contributed by atoms with Gasteiger partial charge in [0.15, 0.2) is 5.78 Å². The van der Waals surface area contributed by atoms with Gasteiger partial charge in [0.05, 0.1) is 30.1 Å². The molecule has 2 aliphatic heterocycles. The predicted molar refractivity (Wildman–Crippen MR) is 130 cm³/mol. The maximum atomic E-state index is 13.1. The summed E-state index contributed by atoms with van der Waals surface area (Å²) in [6.45, 7) is 7.52. The Labute approximate surface area is 304 Å². The number of carbonyl (C=O) groups is 2. The molecule has 0 saturated carbocycles. The van der Waals surface area contributed by atoms with Gasteiger partial charge in [-0.15, -0.1) is 0 Å². The summed E-state index contributed by atoms with van der Waals surface area (Å²) < 4.78 is 26.6. The first kappa shape index (κ1) is 40.6. The van der Waals surface area contributed by atoms with E-state index in [1.807, 2.05) is 38.1 Å². The minimum atomic E-state index is -5.43. The van der Waals surface area contributed by atoms with Crippen LogP contribution in [0.2, 0.25) is 0 Å². The van der Waals surface area contributed by atoms with Crippen molar-refractivity contribution in [2.75, 3.05) is 7.11 Å². The number of methoxy groups -OCH3 is 1. The Kier molecular flexibility index (Phi) is 15.4. The molecule has 0 aromatic heterocycles. The molecule has 11 nitrogen and oxygen atoms in total. The van der Waals surface area contributed by atoms with E-state index >= 15 is 0 Å². The summed E-state index contributed by atoms with van der Waals surface area (Å²) in [5.41, 5.74) is -1.34. The van der Waals surface area contributed by atoms with E-state index in [0.717, 1.165) is 5.56 Å². The van der Waals surface area contributed by atoms with Crippen LogP contribution in [-0.4, -0.2) is 46.1 Å². The minimum Gasteiger partial charge on any atom is -0.807 e. The second kappa shape index (κ2) is 15.6. The number of carbonyl (C=O) groups excluding carboxylic acids is 2. The van der Waals surface area contributed by atoms with Crippen LogP contribution < -0.4 is 118 Å². The number of Topliss-reactive ketones (excluding diaryl/α,β-unsaturated/α-hetero) is 1. The van der Waals surface area contributed by atoms with Gasteiger partial charge in [0.1, 0.15) is 34.2 Å². The number of ketones is 1. The summed E-state index contributed by atoms with van der Waals surface area (Å²) >= 11 is 0. The minimum absolute atomic E-state index is 0. The van der Waals surface area contributed by atoms with Crippen LogP contribution in [0.15, 0.2) is 30.3 Å². The topological polar surface area (TPSA) is 189 Å². The maximum absolute atomic E-state index is 13.1. The molecule has 0 saturated heterocycles. The largest absolute Gasteiger partial charge is 1.00 e. The molecule has 0 fully saturated rings. The Balaban J connectivity index is 0.00000143. The molecule has 41 heavy (non-hydrogen) atoms. The van der Waals surface area contributed by atoms with Crippen molar-refractivity contribution in [1.29, 1.82) is 0 Å². The molecule has 0 bridgehead atoms. The van der Waals surface area contributed by atoms with Crippen molar-refractivity contribution in [1.82, 2.24) is 0 Å². The van der Waals surface area contributed by atoms with Crippen LogP contribution in [-0.2, 0) is 17.4 Å². The first-order valence-corrected chi connectivity index (χ1v) is 13.1.